The second-order valence-electron chi connectivity index (χ2n) is 8.47. The molecule has 1 aromatic heterocycles. The number of carbonyl (C=O) groups excluding carboxylic acids is 1. The zero-order chi connectivity index (χ0) is 28.7. The van der Waals surface area contributed by atoms with Gasteiger partial charge in [-0.05, 0) is 66.2 Å². The number of aromatic nitrogens is 1. The zero-order valence-electron chi connectivity index (χ0n) is 21.1. The fourth-order valence-electron chi connectivity index (χ4n) is 3.71. The van der Waals surface area contributed by atoms with Crippen molar-refractivity contribution >= 4 is 34.0 Å². The van der Waals surface area contributed by atoms with Crippen molar-refractivity contribution in [2.24, 2.45) is 0 Å². The van der Waals surface area contributed by atoms with E-state index in [2.05, 4.69) is 10.1 Å². The van der Waals surface area contributed by atoms with Gasteiger partial charge in [-0.25, -0.2) is 4.98 Å². The van der Waals surface area contributed by atoms with Crippen LogP contribution in [-0.4, -0.2) is 42.0 Å². The zero-order valence-corrected chi connectivity index (χ0v) is 22.0. The van der Waals surface area contributed by atoms with Crippen molar-refractivity contribution < 1.29 is 37.3 Å². The Morgan fingerprint density at radius 2 is 1.62 bits per heavy atom. The Bertz CT molecular complexity index is 1440. The summed E-state index contributed by atoms with van der Waals surface area (Å²) in [6.07, 6.45) is -4.98. The lowest BCUT2D eigenvalue weighted by molar-refractivity contribution is -0.274. The summed E-state index contributed by atoms with van der Waals surface area (Å²) in [6, 6.07) is 19.6. The molecule has 0 radical (unpaired) electrons. The van der Waals surface area contributed by atoms with Crippen LogP contribution >= 0.6 is 11.3 Å². The molecular weight excluding hydrogens is 547 g/mol. The molecule has 3 aromatic carbocycles. The molecule has 0 aliphatic carbocycles. The van der Waals surface area contributed by atoms with Gasteiger partial charge >= 0.3 is 12.3 Å². The van der Waals surface area contributed by atoms with Crippen molar-refractivity contribution in [2.45, 2.75) is 19.3 Å². The Labute approximate surface area is 231 Å². The summed E-state index contributed by atoms with van der Waals surface area (Å²) in [5.41, 5.74) is 3.35. The minimum atomic E-state index is -4.80. The van der Waals surface area contributed by atoms with Gasteiger partial charge in [-0.2, -0.15) is 0 Å². The molecule has 0 bridgehead atoms. The maximum absolute atomic E-state index is 12.7. The normalized spacial score (nSPS) is 11.1. The molecule has 40 heavy (non-hydrogen) atoms. The summed E-state index contributed by atoms with van der Waals surface area (Å²) >= 11 is 1.37. The van der Waals surface area contributed by atoms with E-state index in [9.17, 15) is 22.8 Å². The van der Waals surface area contributed by atoms with E-state index in [1.54, 1.807) is 31.4 Å². The lowest BCUT2D eigenvalue weighted by Crippen LogP contribution is -2.26. The number of anilines is 2. The predicted molar refractivity (Wildman–Crippen MR) is 144 cm³/mol. The number of amides is 1. The molecule has 0 saturated heterocycles. The number of rotatable bonds is 11. The van der Waals surface area contributed by atoms with Gasteiger partial charge in [0.05, 0.1) is 25.8 Å². The fourth-order valence-corrected chi connectivity index (χ4v) is 4.56. The minimum absolute atomic E-state index is 0.0122. The highest BCUT2D eigenvalue weighted by Crippen LogP contribution is 2.35. The van der Waals surface area contributed by atoms with Crippen molar-refractivity contribution in [1.29, 1.82) is 0 Å². The molecule has 0 aliphatic rings. The number of benzene rings is 3. The van der Waals surface area contributed by atoms with Gasteiger partial charge in [0, 0.05) is 28.7 Å². The van der Waals surface area contributed by atoms with E-state index in [0.29, 0.717) is 28.7 Å². The molecule has 4 rings (SSSR count). The highest BCUT2D eigenvalue weighted by atomic mass is 32.1. The van der Waals surface area contributed by atoms with Crippen molar-refractivity contribution in [2.75, 3.05) is 18.6 Å². The minimum Gasteiger partial charge on any atom is -0.497 e. The number of ether oxygens (including phenoxy) is 2. The second-order valence-corrected chi connectivity index (χ2v) is 9.30. The number of carboxylic acid groups (broad SMARTS) is 1. The molecule has 0 fully saturated rings. The molecule has 0 spiro atoms. The summed E-state index contributed by atoms with van der Waals surface area (Å²) in [6.45, 7) is 0.314. The predicted octanol–water partition coefficient (Wildman–Crippen LogP) is 6.26. The van der Waals surface area contributed by atoms with Crippen LogP contribution in [0.25, 0.3) is 11.3 Å². The molecule has 0 saturated carbocycles. The number of carbonyl (C=O) groups is 2. The maximum atomic E-state index is 12.7. The first-order chi connectivity index (χ1) is 19.1. The van der Waals surface area contributed by atoms with E-state index < -0.39 is 18.2 Å². The van der Waals surface area contributed by atoms with E-state index in [-0.39, 0.29) is 18.7 Å². The van der Waals surface area contributed by atoms with Gasteiger partial charge in [0.2, 0.25) is 0 Å². The molecule has 0 aliphatic heterocycles. The van der Waals surface area contributed by atoms with Gasteiger partial charge in [-0.3, -0.25) is 9.59 Å². The molecule has 0 atom stereocenters. The second kappa shape index (κ2) is 12.5. The lowest BCUT2D eigenvalue weighted by atomic mass is 10.1. The number of halogens is 3. The first-order valence-electron chi connectivity index (χ1n) is 11.9. The largest absolute Gasteiger partial charge is 0.573 e. The lowest BCUT2D eigenvalue weighted by Gasteiger charge is -2.23. The third kappa shape index (κ3) is 7.73. The van der Waals surface area contributed by atoms with Crippen LogP contribution in [0.15, 0.2) is 78.2 Å². The summed E-state index contributed by atoms with van der Waals surface area (Å²) in [5, 5.41) is 13.8. The van der Waals surface area contributed by atoms with Crippen LogP contribution in [0.4, 0.5) is 24.0 Å². The van der Waals surface area contributed by atoms with Crippen molar-refractivity contribution in [3.63, 3.8) is 0 Å². The van der Waals surface area contributed by atoms with E-state index in [4.69, 9.17) is 14.8 Å². The van der Waals surface area contributed by atoms with E-state index in [1.165, 1.54) is 35.6 Å². The highest BCUT2D eigenvalue weighted by molar-refractivity contribution is 7.14. The van der Waals surface area contributed by atoms with E-state index >= 15 is 0 Å². The quantitative estimate of drug-likeness (QED) is 0.219. The molecule has 1 heterocycles. The molecule has 12 heteroatoms. The molecule has 208 valence electrons. The molecule has 8 nitrogen and oxygen atoms in total. The topological polar surface area (TPSA) is 101 Å². The van der Waals surface area contributed by atoms with Gasteiger partial charge in [0.1, 0.15) is 11.5 Å². The molecule has 4 aromatic rings. The smallest absolute Gasteiger partial charge is 0.497 e. The van der Waals surface area contributed by atoms with Crippen LogP contribution in [0.2, 0.25) is 0 Å². The number of thiazole rings is 1. The Morgan fingerprint density at radius 3 is 2.23 bits per heavy atom. The summed E-state index contributed by atoms with van der Waals surface area (Å²) < 4.78 is 47.2. The number of nitrogens with zero attached hydrogens (tertiary/aromatic N) is 2. The Balaban J connectivity index is 1.58. The van der Waals surface area contributed by atoms with E-state index in [0.717, 1.165) is 16.8 Å². The number of hydrogen-bond acceptors (Lipinski definition) is 7. The first kappa shape index (κ1) is 28.4. The summed E-state index contributed by atoms with van der Waals surface area (Å²) in [5.74, 6) is -1.03. The monoisotopic (exact) mass is 571 g/mol. The number of hydrogen-bond donors (Lipinski definition) is 2. The third-order valence-corrected chi connectivity index (χ3v) is 6.54. The van der Waals surface area contributed by atoms with Crippen molar-refractivity contribution in [3.8, 4) is 22.8 Å². The number of carboxylic acids is 1. The van der Waals surface area contributed by atoms with Gasteiger partial charge in [0.15, 0.2) is 5.13 Å². The van der Waals surface area contributed by atoms with Gasteiger partial charge in [-0.1, -0.05) is 12.1 Å². The van der Waals surface area contributed by atoms with Crippen LogP contribution < -0.4 is 19.7 Å². The molecular formula is C28H24F3N3O5S. The fraction of sp³-hybridized carbons (Fsp3) is 0.179. The van der Waals surface area contributed by atoms with Crippen LogP contribution in [0.1, 0.15) is 22.3 Å². The van der Waals surface area contributed by atoms with Gasteiger partial charge in [0.25, 0.3) is 5.91 Å². The highest BCUT2D eigenvalue weighted by Gasteiger charge is 2.31. The molecule has 0 unspecified atom stereocenters. The molecule has 1 amide bonds. The number of alkyl halides is 3. The maximum Gasteiger partial charge on any atom is 0.573 e. The van der Waals surface area contributed by atoms with Crippen molar-refractivity contribution in [3.05, 3.63) is 89.3 Å². The van der Waals surface area contributed by atoms with E-state index in [1.807, 2.05) is 34.5 Å². The van der Waals surface area contributed by atoms with Crippen LogP contribution in [0, 0.1) is 0 Å². The summed E-state index contributed by atoms with van der Waals surface area (Å²) in [7, 11) is 1.58. The van der Waals surface area contributed by atoms with Crippen LogP contribution in [0.5, 0.6) is 11.5 Å². The van der Waals surface area contributed by atoms with Gasteiger partial charge in [-0.15, -0.1) is 24.5 Å². The SMILES string of the molecule is COc1ccc(-c2csc(N(Cc3ccc(C(=O)NCCC(=O)O)cc3)c3ccc(OC(F)(F)F)cc3)n2)cc1. The van der Waals surface area contributed by atoms with Crippen molar-refractivity contribution in [1.82, 2.24) is 10.3 Å². The third-order valence-electron chi connectivity index (χ3n) is 5.67. The number of methoxy groups -OCH3 is 1. The standard InChI is InChI=1S/C28H24F3N3O5S/c1-38-22-10-6-19(7-11-22)24-17-40-27(33-24)34(21-8-12-23(13-9-21)39-28(29,30)31)16-18-2-4-20(5-3-18)26(37)32-15-14-25(35)36/h2-13,17H,14-16H2,1H3,(H,32,37)(H,35,36). The first-order valence-corrected chi connectivity index (χ1v) is 12.8. The molecule has 2 N–H and O–H groups in total. The Morgan fingerprint density at radius 1 is 0.975 bits per heavy atom. The Hall–Kier alpha value is -4.58. The Kier molecular flexibility index (Phi) is 8.90. The van der Waals surface area contributed by atoms with Crippen LogP contribution in [0.3, 0.4) is 0 Å². The average Bonchev–Trinajstić information content (AvgIpc) is 3.41. The number of aliphatic carboxylic acids is 1. The number of nitrogens with one attached hydrogen (secondary N) is 1. The average molecular weight is 572 g/mol. The van der Waals surface area contributed by atoms with Crippen LogP contribution in [-0.2, 0) is 11.3 Å². The summed E-state index contributed by atoms with van der Waals surface area (Å²) in [4.78, 5) is 29.6. The van der Waals surface area contributed by atoms with Gasteiger partial charge < -0.3 is 24.8 Å².